The van der Waals surface area contributed by atoms with Gasteiger partial charge in [-0.25, -0.2) is 0 Å². The van der Waals surface area contributed by atoms with Gasteiger partial charge in [0.25, 0.3) is 0 Å². The van der Waals surface area contributed by atoms with Crippen LogP contribution in [-0.4, -0.2) is 309 Å². The van der Waals surface area contributed by atoms with Gasteiger partial charge in [0.15, 0.2) is 24.7 Å². The second-order valence-corrected chi connectivity index (χ2v) is 43.4. The van der Waals surface area contributed by atoms with Crippen molar-refractivity contribution in [3.63, 3.8) is 0 Å². The molecule has 854 valence electrons. The molecule has 3 heterocycles. The molecule has 16 bridgehead atoms. The summed E-state index contributed by atoms with van der Waals surface area (Å²) in [5.41, 5.74) is 18.6. The van der Waals surface area contributed by atoms with E-state index in [1.54, 1.807) is 38.5 Å². The Morgan fingerprint density at radius 3 is 1.13 bits per heavy atom. The predicted octanol–water partition coefficient (Wildman–Crippen LogP) is 6.69. The number of terminal acetylenes is 1. The summed E-state index contributed by atoms with van der Waals surface area (Å²) in [6.07, 6.45) is 26.9. The molecular formula is C102H190IN9O29S3V2-2. The van der Waals surface area contributed by atoms with Crippen molar-refractivity contribution >= 4 is 105 Å². The number of aliphatic carboxylic acids is 4. The third-order valence-corrected chi connectivity index (χ3v) is 31.7. The summed E-state index contributed by atoms with van der Waals surface area (Å²) >= 11 is 7.22. The molecule has 19 rings (SSSR count). The van der Waals surface area contributed by atoms with E-state index in [2.05, 4.69) is 106 Å². The second-order valence-electron chi connectivity index (χ2n) is 43.0. The Morgan fingerprint density at radius 1 is 0.473 bits per heavy atom. The van der Waals surface area contributed by atoms with Crippen molar-refractivity contribution in [1.82, 2.24) is 31.3 Å². The second kappa shape index (κ2) is 74.6. The van der Waals surface area contributed by atoms with Crippen molar-refractivity contribution < 1.29 is 179 Å². The number of rotatable bonds is 38. The van der Waals surface area contributed by atoms with E-state index in [1.807, 2.05) is 38.4 Å². The number of halogens is 1. The van der Waals surface area contributed by atoms with E-state index in [0.29, 0.717) is 18.6 Å². The molecule has 16 aliphatic carbocycles. The number of ether oxygens (including phenoxy) is 3. The Labute approximate surface area is 919 Å². The molecule has 0 aromatic carbocycles. The summed E-state index contributed by atoms with van der Waals surface area (Å²) in [5.74, 6) is 3.73. The van der Waals surface area contributed by atoms with Crippen LogP contribution in [0.25, 0.3) is 0 Å². The SMILES string of the molecule is C.C.CCC.CCCNCC12CC3CC(CC(C3)C1)C2.CCCO.CO.I.NCC12CC3CC(CC(C3)C1)C2.N[C@@H](CCC(=O)O)C(=O)C[C@H](CCC(=O)O)C(=O)NCC12CC3CC(CC(C3)C1)C2.N[C@@H]1C(O)O[C@H](CO)[C@H](O)[C@@H]1O.O=C(O)CC[C@H](CCN[C@@H]1C(O)O[C@H](CO)[C@H](O)[C@@H]1O)C(=O)N[C@H](CCC(=O)O)C(=O)CCC12CC3CC(CC(C3)C1)C2.[2H]C#C.[CH2-]NS.[CH2-]N[C@@H]1C(O)O[C@H](CO)[C@H](O)[C@@H]1O.[HH].[S]=[V].[S]=[V]. The van der Waals surface area contributed by atoms with Gasteiger partial charge in [-0.15, -0.1) is 49.6 Å². The molecule has 2 amide bonds. The normalized spacial score (nSPS) is 35.3. The van der Waals surface area contributed by atoms with Gasteiger partial charge in [0.05, 0.1) is 50.0 Å². The van der Waals surface area contributed by atoms with Crippen LogP contribution in [0.2, 0.25) is 0 Å². The maximum absolute atomic E-state index is 13.4. The average molecular weight is 2330 g/mol. The summed E-state index contributed by atoms with van der Waals surface area (Å²) in [7, 11) is 15.4. The maximum atomic E-state index is 13.4. The van der Waals surface area contributed by atoms with Crippen LogP contribution in [0.15, 0.2) is 0 Å². The fourth-order valence-electron chi connectivity index (χ4n) is 26.9. The van der Waals surface area contributed by atoms with E-state index in [0.717, 1.165) is 141 Å². The number of nitrogens with two attached hydrogens (primary N) is 3. The number of carbonyl (C=O) groups is 8. The van der Waals surface area contributed by atoms with Crippen LogP contribution in [-0.2, 0) is 84.0 Å². The Bertz CT molecular complexity index is 3610. The third kappa shape index (κ3) is 46.3. The molecule has 19 atom stereocenters. The van der Waals surface area contributed by atoms with E-state index >= 15 is 0 Å². The van der Waals surface area contributed by atoms with E-state index in [4.69, 9.17) is 68.5 Å². The van der Waals surface area contributed by atoms with Crippen LogP contribution in [0.5, 0.6) is 0 Å². The molecule has 0 aromatic heterocycles. The summed E-state index contributed by atoms with van der Waals surface area (Å²) in [6.45, 7) is 11.4. The molecule has 38 nitrogen and oxygen atoms in total. The van der Waals surface area contributed by atoms with Gasteiger partial charge in [0.2, 0.25) is 11.8 Å². The molecule has 19 aliphatic rings. The van der Waals surface area contributed by atoms with Crippen molar-refractivity contribution in [2.45, 2.75) is 397 Å². The quantitative estimate of drug-likeness (QED) is 0.0101. The van der Waals surface area contributed by atoms with Crippen LogP contribution in [0.4, 0.5) is 0 Å². The number of hydrogen-bond donors (Lipinski definition) is 28. The zero-order valence-corrected chi connectivity index (χ0v) is 92.8. The zero-order chi connectivity index (χ0) is 109. The van der Waals surface area contributed by atoms with E-state index in [-0.39, 0.29) is 140 Å². The van der Waals surface area contributed by atoms with Gasteiger partial charge in [0.1, 0.15) is 62.1 Å². The first-order valence-corrected chi connectivity index (χ1v) is 56.1. The Hall–Kier alpha value is -2.55. The number of carboxylic acids is 4. The van der Waals surface area contributed by atoms with Gasteiger partial charge in [-0.1, -0.05) is 49.0 Å². The van der Waals surface area contributed by atoms with E-state index in [1.165, 1.54) is 109 Å². The number of thiol groups is 1. The first-order valence-electron chi connectivity index (χ1n) is 52.0. The number of Topliss-reactive ketones (excluding diaryl/α,β-unsaturated/α-hetero) is 2. The fourth-order valence-corrected chi connectivity index (χ4v) is 26.9. The van der Waals surface area contributed by atoms with Crippen molar-refractivity contribution in [3.8, 4) is 12.8 Å². The van der Waals surface area contributed by atoms with Gasteiger partial charge in [-0.3, -0.25) is 52.5 Å². The number of carbonyl (C=O) groups excluding carboxylic acids is 4. The average Bonchev–Trinajstić information content (AvgIpc) is 0.759. The summed E-state index contributed by atoms with van der Waals surface area (Å²) in [5, 5.41) is 178. The molecule has 3 unspecified atom stereocenters. The number of aliphatic hydroxyl groups excluding tert-OH is 14. The molecule has 3 saturated heterocycles. The Kier molecular flexibility index (Phi) is 72.3. The molecule has 0 radical (unpaired) electrons. The Morgan fingerprint density at radius 2 is 0.788 bits per heavy atom. The number of hydrogen-bond acceptors (Lipinski definition) is 35. The standard InChI is InChI=1S/C30H48N2O11.C22H34N2O6.C14H25N.C11H19N.C7H14NO5.C6H13NO5.C3H8O.C3H8.C2H2.CH4NS.CH4O.2CH4.HI.2S.2V.H2/c33-15-22-26(39)27(40)25(29(42)43-22)31-8-6-19(1-3-23(35)36)28(41)32-20(2-4-24(37)38)21(34)5-7-30-12-16-9-17(13-30)11-18(10-16)14-30;23-17(2-4-20(28)29)18(25)8-16(1-3-19(26)27)21(30)24-12-22-9-13-5-14(10-22)7-15(6-13)11-22;1-2-3-15-10-14-7-11-4-12(8-14)6-13(5-11)9-14;12-7-11-4-8-1-9(5-11)3-10(2-8)6-11;1-8-4-6(11)5(10)3(2-9)13-7(4)12;7-3-5(10)4(9)2(1-8)12-6(3)11;1-2-3-4;1-3-2;1-2;1-2-3;1-2;;;;;;;;/h16-20,22,25-27,29,31,33,39-40,42H,1-15H2,(H,32,41)(H,35,36)(H,37,38);13-17H,1-12,23H2,(H,24,30)(H,26,27)(H,28,29);11-13,15H,2-10H2,1H3;8-10H,1-7,12H2;3-12H,1-2H2;2-6,8-11H,1,7H2;4H,2-3H2,1H3;3H2,1-2H3;1-2H;2-3H,1H2;2H,1H3;2*1H4;1H;;;;;1H/q;;;;-1;;;;;-1;;;;;;;;;/t16?,17?,18?,19-,20-,22-,25+,26+,27-,29?,30?;13?,14?,15?,16-,17-,22?;;;3-,4+,5+,6-,7?;2-,3+,4+,5-,6?;;;;;;;;;;;;;/m10..11............./s1/i;;;;;;;;1D;;;;;;;;;;. The van der Waals surface area contributed by atoms with Crippen molar-refractivity contribution in [2.24, 2.45) is 122 Å². The van der Waals surface area contributed by atoms with Crippen molar-refractivity contribution in [1.29, 1.82) is 0 Å². The fraction of sp³-hybridized carbons (Fsp3) is 0.882. The molecule has 146 heavy (non-hydrogen) atoms. The molecule has 16 saturated carbocycles. The number of carboxylic acid groups (broad SMARTS) is 4. The first-order chi connectivity index (χ1) is 68.5. The number of aliphatic hydroxyl groups is 14. The van der Waals surface area contributed by atoms with Gasteiger partial charge >= 0.3 is 75.9 Å². The topological polar surface area (TPSA) is 679 Å². The summed E-state index contributed by atoms with van der Waals surface area (Å²) in [4.78, 5) is 96.4. The van der Waals surface area contributed by atoms with Crippen LogP contribution in [0, 0.1) is 131 Å². The molecule has 19 fully saturated rings. The first kappa shape index (κ1) is 141. The molecule has 0 spiro atoms. The van der Waals surface area contributed by atoms with Gasteiger partial charge in [0, 0.05) is 78.6 Å². The van der Waals surface area contributed by atoms with Gasteiger partial charge < -0.3 is 155 Å². The minimum absolute atomic E-state index is 0. The molecule has 30 N–H and O–H groups in total. The number of ketones is 2. The zero-order valence-electron chi connectivity index (χ0n) is 86.2. The molecular weight excluding hydrogens is 2140 g/mol. The number of nitrogens with one attached hydrogen (secondary N) is 6. The van der Waals surface area contributed by atoms with Gasteiger partial charge in [-0.2, -0.15) is 0 Å². The Balaban J connectivity index is 0. The van der Waals surface area contributed by atoms with Crippen LogP contribution >= 0.6 is 57.4 Å². The minimum atomic E-state index is -1.55. The predicted molar refractivity (Wildman–Crippen MR) is 568 cm³/mol. The summed E-state index contributed by atoms with van der Waals surface area (Å²) in [6, 6.07) is -4.97. The van der Waals surface area contributed by atoms with Crippen LogP contribution in [0.1, 0.15) is 296 Å². The monoisotopic (exact) mass is 2330 g/mol. The number of amides is 2. The van der Waals surface area contributed by atoms with E-state index in [9.17, 15) is 94.5 Å². The van der Waals surface area contributed by atoms with Crippen molar-refractivity contribution in [2.75, 3.05) is 66.3 Å². The van der Waals surface area contributed by atoms with Crippen LogP contribution in [0.3, 0.4) is 0 Å². The van der Waals surface area contributed by atoms with E-state index < -0.39 is 171 Å². The molecule has 0 aromatic rings. The molecule has 3 aliphatic heterocycles. The summed E-state index contributed by atoms with van der Waals surface area (Å²) < 4.78 is 22.6. The third-order valence-electron chi connectivity index (χ3n) is 31.7. The van der Waals surface area contributed by atoms with Crippen LogP contribution < -0.4 is 48.5 Å². The van der Waals surface area contributed by atoms with Crippen molar-refractivity contribution in [3.05, 3.63) is 14.1 Å². The van der Waals surface area contributed by atoms with Gasteiger partial charge in [-0.05, 0) is 318 Å². The molecule has 44 heteroatoms.